The van der Waals surface area contributed by atoms with Crippen LogP contribution in [0.1, 0.15) is 42.8 Å². The Morgan fingerprint density at radius 3 is 2.38 bits per heavy atom. The van der Waals surface area contributed by atoms with E-state index in [1.54, 1.807) is 37.3 Å². The second kappa shape index (κ2) is 8.33. The molecule has 1 aromatic heterocycles. The summed E-state index contributed by atoms with van der Waals surface area (Å²) in [5, 5.41) is 14.5. The normalized spacial score (nSPS) is 13.1. The van der Waals surface area contributed by atoms with Crippen LogP contribution in [0.2, 0.25) is 0 Å². The monoisotopic (exact) mass is 358 g/mol. The first kappa shape index (κ1) is 19.2. The van der Waals surface area contributed by atoms with Gasteiger partial charge in [-0.2, -0.15) is 0 Å². The number of benzene rings is 1. The van der Waals surface area contributed by atoms with Crippen LogP contribution in [0, 0.1) is 5.92 Å². The Morgan fingerprint density at radius 1 is 1.08 bits per heavy atom. The molecule has 2 unspecified atom stereocenters. The zero-order valence-corrected chi connectivity index (χ0v) is 14.9. The molecule has 2 rings (SSSR count). The molecule has 2 aromatic rings. The molecule has 0 bridgehead atoms. The first-order chi connectivity index (χ1) is 12.3. The summed E-state index contributed by atoms with van der Waals surface area (Å²) in [4.78, 5) is 35.9. The van der Waals surface area contributed by atoms with Gasteiger partial charge in [-0.1, -0.05) is 26.0 Å². The summed E-state index contributed by atoms with van der Waals surface area (Å²) >= 11 is 0. The lowest BCUT2D eigenvalue weighted by Crippen LogP contribution is -2.47. The van der Waals surface area contributed by atoms with Gasteiger partial charge in [-0.3, -0.25) is 14.4 Å². The van der Waals surface area contributed by atoms with Gasteiger partial charge in [0, 0.05) is 5.69 Å². The zero-order valence-electron chi connectivity index (χ0n) is 14.9. The van der Waals surface area contributed by atoms with E-state index in [0.29, 0.717) is 11.3 Å². The summed E-state index contributed by atoms with van der Waals surface area (Å²) in [6.45, 7) is 5.20. The highest BCUT2D eigenvalue weighted by Crippen LogP contribution is 2.20. The van der Waals surface area contributed by atoms with Gasteiger partial charge in [-0.25, -0.2) is 0 Å². The highest BCUT2D eigenvalue weighted by molar-refractivity contribution is 6.00. The molecule has 0 radical (unpaired) electrons. The highest BCUT2D eigenvalue weighted by Gasteiger charge is 2.26. The van der Waals surface area contributed by atoms with E-state index in [-0.39, 0.29) is 17.6 Å². The molecule has 0 fully saturated rings. The quantitative estimate of drug-likeness (QED) is 0.705. The number of amides is 2. The molecule has 0 saturated carbocycles. The number of carbonyl (C=O) groups is 3. The topological polar surface area (TPSA) is 109 Å². The van der Waals surface area contributed by atoms with Crippen molar-refractivity contribution in [2.24, 2.45) is 5.92 Å². The summed E-state index contributed by atoms with van der Waals surface area (Å²) in [6.07, 6.45) is 1.38. The molecule has 3 N–H and O–H groups in total. The standard InChI is InChI=1S/C19H22N2O5/c1-11(2)16(21-17(22)15-8-5-9-26-15)18(23)20-14-7-4-6-13(10-14)12(3)19(24)25/h4-12,16H,1-3H3,(H,20,23)(H,21,22)(H,24,25). The molecule has 1 aromatic carbocycles. The minimum absolute atomic E-state index is 0.126. The lowest BCUT2D eigenvalue weighted by molar-refractivity contribution is -0.138. The van der Waals surface area contributed by atoms with Crippen molar-refractivity contribution in [1.29, 1.82) is 0 Å². The van der Waals surface area contributed by atoms with Gasteiger partial charge >= 0.3 is 5.97 Å². The van der Waals surface area contributed by atoms with Crippen LogP contribution in [-0.4, -0.2) is 28.9 Å². The summed E-state index contributed by atoms with van der Waals surface area (Å²) in [7, 11) is 0. The number of rotatable bonds is 7. The van der Waals surface area contributed by atoms with E-state index in [1.165, 1.54) is 12.3 Å². The number of hydrogen-bond acceptors (Lipinski definition) is 4. The van der Waals surface area contributed by atoms with Crippen LogP contribution in [0.5, 0.6) is 0 Å². The van der Waals surface area contributed by atoms with E-state index in [9.17, 15) is 14.4 Å². The molecule has 7 heteroatoms. The van der Waals surface area contributed by atoms with Crippen molar-refractivity contribution >= 4 is 23.5 Å². The van der Waals surface area contributed by atoms with Crippen LogP contribution in [0.25, 0.3) is 0 Å². The fraction of sp³-hybridized carbons (Fsp3) is 0.316. The number of aliphatic carboxylic acids is 1. The molecule has 26 heavy (non-hydrogen) atoms. The Labute approximate surface area is 151 Å². The van der Waals surface area contributed by atoms with Crippen LogP contribution in [0.4, 0.5) is 5.69 Å². The number of carbonyl (C=O) groups excluding carboxylic acids is 2. The number of nitrogens with one attached hydrogen (secondary N) is 2. The predicted molar refractivity (Wildman–Crippen MR) is 95.9 cm³/mol. The highest BCUT2D eigenvalue weighted by atomic mass is 16.4. The van der Waals surface area contributed by atoms with E-state index >= 15 is 0 Å². The summed E-state index contributed by atoms with van der Waals surface area (Å²) in [5.74, 6) is -2.53. The van der Waals surface area contributed by atoms with Crippen LogP contribution in [-0.2, 0) is 9.59 Å². The first-order valence-electron chi connectivity index (χ1n) is 8.27. The molecule has 0 aliphatic heterocycles. The Morgan fingerprint density at radius 2 is 1.81 bits per heavy atom. The molecule has 0 aliphatic rings. The second-order valence-electron chi connectivity index (χ2n) is 6.35. The number of carboxylic acids is 1. The molecule has 2 amide bonds. The van der Waals surface area contributed by atoms with Crippen molar-refractivity contribution < 1.29 is 23.9 Å². The number of furan rings is 1. The predicted octanol–water partition coefficient (Wildman–Crippen LogP) is 2.86. The van der Waals surface area contributed by atoms with E-state index in [1.807, 2.05) is 13.8 Å². The van der Waals surface area contributed by atoms with Crippen molar-refractivity contribution in [3.63, 3.8) is 0 Å². The molecule has 1 heterocycles. The third kappa shape index (κ3) is 4.72. The van der Waals surface area contributed by atoms with Crippen LogP contribution in [0.15, 0.2) is 47.1 Å². The Balaban J connectivity index is 2.11. The zero-order chi connectivity index (χ0) is 19.3. The third-order valence-electron chi connectivity index (χ3n) is 4.01. The van der Waals surface area contributed by atoms with E-state index in [0.717, 1.165) is 0 Å². The fourth-order valence-corrected chi connectivity index (χ4v) is 2.40. The van der Waals surface area contributed by atoms with Crippen LogP contribution < -0.4 is 10.6 Å². The van der Waals surface area contributed by atoms with Crippen molar-refractivity contribution in [2.45, 2.75) is 32.7 Å². The Bertz CT molecular complexity index is 783. The molecule has 0 aliphatic carbocycles. The van der Waals surface area contributed by atoms with Gasteiger partial charge in [-0.05, 0) is 42.7 Å². The summed E-state index contributed by atoms with van der Waals surface area (Å²) in [5.41, 5.74) is 1.05. The van der Waals surface area contributed by atoms with Gasteiger partial charge in [-0.15, -0.1) is 0 Å². The second-order valence-corrected chi connectivity index (χ2v) is 6.35. The molecule has 2 atom stereocenters. The summed E-state index contributed by atoms with van der Waals surface area (Å²) in [6, 6.07) is 8.98. The number of hydrogen-bond donors (Lipinski definition) is 3. The molecule has 138 valence electrons. The maximum absolute atomic E-state index is 12.6. The SMILES string of the molecule is CC(C(=O)O)c1cccc(NC(=O)C(NC(=O)c2ccco2)C(C)C)c1. The lowest BCUT2D eigenvalue weighted by Gasteiger charge is -2.21. The van der Waals surface area contributed by atoms with Gasteiger partial charge in [0.05, 0.1) is 12.2 Å². The Kier molecular flexibility index (Phi) is 6.16. The van der Waals surface area contributed by atoms with Gasteiger partial charge in [0.25, 0.3) is 5.91 Å². The maximum Gasteiger partial charge on any atom is 0.310 e. The van der Waals surface area contributed by atoms with Crippen molar-refractivity contribution in [3.8, 4) is 0 Å². The van der Waals surface area contributed by atoms with Crippen molar-refractivity contribution in [3.05, 3.63) is 54.0 Å². The largest absolute Gasteiger partial charge is 0.481 e. The van der Waals surface area contributed by atoms with Gasteiger partial charge < -0.3 is 20.2 Å². The van der Waals surface area contributed by atoms with E-state index in [4.69, 9.17) is 9.52 Å². The molecule has 0 spiro atoms. The first-order valence-corrected chi connectivity index (χ1v) is 8.27. The van der Waals surface area contributed by atoms with Crippen molar-refractivity contribution in [2.75, 3.05) is 5.32 Å². The van der Waals surface area contributed by atoms with Gasteiger partial charge in [0.15, 0.2) is 5.76 Å². The summed E-state index contributed by atoms with van der Waals surface area (Å²) < 4.78 is 5.04. The van der Waals surface area contributed by atoms with Crippen LogP contribution in [0.3, 0.4) is 0 Å². The lowest BCUT2D eigenvalue weighted by atomic mass is 10.0. The number of carboxylic acid groups (broad SMARTS) is 1. The third-order valence-corrected chi connectivity index (χ3v) is 4.01. The van der Waals surface area contributed by atoms with Gasteiger partial charge in [0.2, 0.25) is 5.91 Å². The van der Waals surface area contributed by atoms with Gasteiger partial charge in [0.1, 0.15) is 6.04 Å². The van der Waals surface area contributed by atoms with Crippen LogP contribution >= 0.6 is 0 Å². The minimum atomic E-state index is -0.945. The average molecular weight is 358 g/mol. The molecule has 7 nitrogen and oxygen atoms in total. The van der Waals surface area contributed by atoms with E-state index in [2.05, 4.69) is 10.6 Å². The van der Waals surface area contributed by atoms with Crippen molar-refractivity contribution in [1.82, 2.24) is 5.32 Å². The fourth-order valence-electron chi connectivity index (χ4n) is 2.40. The maximum atomic E-state index is 12.6. The molecule has 0 saturated heterocycles. The molecular weight excluding hydrogens is 336 g/mol. The number of anilines is 1. The molecular formula is C19H22N2O5. The Hall–Kier alpha value is -3.09. The minimum Gasteiger partial charge on any atom is -0.481 e. The average Bonchev–Trinajstić information content (AvgIpc) is 3.13. The smallest absolute Gasteiger partial charge is 0.310 e. The van der Waals surface area contributed by atoms with E-state index < -0.39 is 23.8 Å².